The maximum atomic E-state index is 10.9. The summed E-state index contributed by atoms with van der Waals surface area (Å²) in [5.41, 5.74) is 0. The smallest absolute Gasteiger partial charge is 0.264 e. The summed E-state index contributed by atoms with van der Waals surface area (Å²) in [6.07, 6.45) is 1.39. The van der Waals surface area contributed by atoms with Crippen molar-refractivity contribution in [3.05, 3.63) is 0 Å². The summed E-state index contributed by atoms with van der Waals surface area (Å²) in [6, 6.07) is 0. The first-order valence-electron chi connectivity index (χ1n) is 6.95. The topological polar surface area (TPSA) is 61.8 Å². The van der Waals surface area contributed by atoms with Crippen LogP contribution in [0.25, 0.3) is 0 Å². The van der Waals surface area contributed by atoms with Gasteiger partial charge in [-0.2, -0.15) is 8.42 Å². The Balaban J connectivity index is 3.74. The predicted molar refractivity (Wildman–Crippen MR) is 84.0 cm³/mol. The van der Waals surface area contributed by atoms with E-state index in [1.54, 1.807) is 6.92 Å². The molecule has 0 aromatic heterocycles. The Bertz CT molecular complexity index is 373. The highest BCUT2D eigenvalue weighted by Crippen LogP contribution is 2.36. The van der Waals surface area contributed by atoms with Crippen LogP contribution in [0.1, 0.15) is 34.1 Å². The monoisotopic (exact) mass is 326 g/mol. The molecule has 20 heavy (non-hydrogen) atoms. The summed E-state index contributed by atoms with van der Waals surface area (Å²) >= 11 is 0. The van der Waals surface area contributed by atoms with Crippen LogP contribution in [0.2, 0.25) is 18.1 Å². The van der Waals surface area contributed by atoms with Crippen LogP contribution >= 0.6 is 0 Å². The Morgan fingerprint density at radius 1 is 1.15 bits per heavy atom. The fourth-order valence-corrected chi connectivity index (χ4v) is 3.02. The second kappa shape index (κ2) is 7.89. The van der Waals surface area contributed by atoms with Crippen molar-refractivity contribution in [2.75, 3.05) is 26.1 Å². The average Bonchev–Trinajstić information content (AvgIpc) is 2.18. The molecule has 0 saturated carbocycles. The average molecular weight is 327 g/mol. The number of rotatable bonds is 9. The quantitative estimate of drug-likeness (QED) is 0.370. The van der Waals surface area contributed by atoms with E-state index in [0.717, 1.165) is 12.7 Å². The van der Waals surface area contributed by atoms with Gasteiger partial charge in [0.15, 0.2) is 8.32 Å². The molecule has 0 radical (unpaired) electrons. The Morgan fingerprint density at radius 2 is 1.70 bits per heavy atom. The molecule has 5 nitrogen and oxygen atoms in total. The van der Waals surface area contributed by atoms with Crippen molar-refractivity contribution in [1.29, 1.82) is 0 Å². The Kier molecular flexibility index (Phi) is 7.90. The zero-order valence-corrected chi connectivity index (χ0v) is 15.7. The molecule has 0 aliphatic heterocycles. The molecule has 0 spiro atoms. The lowest BCUT2D eigenvalue weighted by molar-refractivity contribution is 0.0551. The van der Waals surface area contributed by atoms with Gasteiger partial charge in [0.1, 0.15) is 0 Å². The first-order valence-corrected chi connectivity index (χ1v) is 11.7. The second-order valence-electron chi connectivity index (χ2n) is 6.65. The molecule has 0 N–H and O–H groups in total. The number of hydrogen-bond donors (Lipinski definition) is 0. The standard InChI is InChI=1S/C13H30O5SSi/c1-12(18-19(5,14)15)11-16-9-8-10-17-20(6,7)13(2,3)4/h12H,8-11H2,1-7H3. The van der Waals surface area contributed by atoms with E-state index in [-0.39, 0.29) is 11.6 Å². The van der Waals surface area contributed by atoms with E-state index in [4.69, 9.17) is 13.3 Å². The molecular weight excluding hydrogens is 296 g/mol. The van der Waals surface area contributed by atoms with Crippen molar-refractivity contribution in [3.63, 3.8) is 0 Å². The molecule has 1 unspecified atom stereocenters. The summed E-state index contributed by atoms with van der Waals surface area (Å²) in [6.45, 7) is 14.2. The molecule has 0 aromatic carbocycles. The normalized spacial score (nSPS) is 15.3. The SMILES string of the molecule is CC(COCCCO[Si](C)(C)C(C)(C)C)OS(C)(=O)=O. The van der Waals surface area contributed by atoms with E-state index in [2.05, 4.69) is 33.9 Å². The van der Waals surface area contributed by atoms with E-state index in [1.165, 1.54) is 0 Å². The van der Waals surface area contributed by atoms with Gasteiger partial charge in [0.05, 0.1) is 19.0 Å². The fraction of sp³-hybridized carbons (Fsp3) is 1.00. The summed E-state index contributed by atoms with van der Waals surface area (Å²) in [4.78, 5) is 0. The zero-order valence-electron chi connectivity index (χ0n) is 13.9. The Hall–Kier alpha value is 0.0469. The van der Waals surface area contributed by atoms with Crippen LogP contribution in [0, 0.1) is 0 Å². The first kappa shape index (κ1) is 20.0. The zero-order chi connectivity index (χ0) is 16.0. The minimum atomic E-state index is -3.41. The van der Waals surface area contributed by atoms with Crippen molar-refractivity contribution in [1.82, 2.24) is 0 Å². The third-order valence-corrected chi connectivity index (χ3v) is 8.61. The van der Waals surface area contributed by atoms with Gasteiger partial charge in [-0.15, -0.1) is 0 Å². The summed E-state index contributed by atoms with van der Waals surface area (Å²) in [7, 11) is -5.08. The summed E-state index contributed by atoms with van der Waals surface area (Å²) in [5.74, 6) is 0. The van der Waals surface area contributed by atoms with Crippen LogP contribution in [-0.2, 0) is 23.5 Å². The predicted octanol–water partition coefficient (Wildman–Crippen LogP) is 2.78. The van der Waals surface area contributed by atoms with Crippen molar-refractivity contribution in [2.45, 2.75) is 58.4 Å². The molecule has 0 rings (SSSR count). The molecule has 0 aliphatic rings. The molecule has 1 atom stereocenters. The van der Waals surface area contributed by atoms with Gasteiger partial charge in [-0.1, -0.05) is 20.8 Å². The van der Waals surface area contributed by atoms with Gasteiger partial charge in [0.2, 0.25) is 0 Å². The van der Waals surface area contributed by atoms with Gasteiger partial charge in [-0.3, -0.25) is 4.18 Å². The van der Waals surface area contributed by atoms with Gasteiger partial charge < -0.3 is 9.16 Å². The molecule has 0 bridgehead atoms. The van der Waals surface area contributed by atoms with E-state index in [0.29, 0.717) is 13.2 Å². The minimum Gasteiger partial charge on any atom is -0.417 e. The second-order valence-corrected chi connectivity index (χ2v) is 13.1. The third kappa shape index (κ3) is 9.07. The molecule has 0 saturated heterocycles. The van der Waals surface area contributed by atoms with Gasteiger partial charge in [0, 0.05) is 13.2 Å². The molecule has 0 fully saturated rings. The van der Waals surface area contributed by atoms with Crippen LogP contribution in [0.5, 0.6) is 0 Å². The van der Waals surface area contributed by atoms with Crippen LogP contribution < -0.4 is 0 Å². The highest BCUT2D eigenvalue weighted by atomic mass is 32.2. The molecule has 7 heteroatoms. The molecule has 0 aromatic rings. The Morgan fingerprint density at radius 3 is 2.15 bits per heavy atom. The maximum absolute atomic E-state index is 10.9. The minimum absolute atomic E-state index is 0.214. The van der Waals surface area contributed by atoms with Gasteiger partial charge in [-0.25, -0.2) is 0 Å². The van der Waals surface area contributed by atoms with E-state index < -0.39 is 24.5 Å². The van der Waals surface area contributed by atoms with Crippen LogP contribution in [0.15, 0.2) is 0 Å². The lowest BCUT2D eigenvalue weighted by Gasteiger charge is -2.36. The van der Waals surface area contributed by atoms with Crippen molar-refractivity contribution >= 4 is 18.4 Å². The van der Waals surface area contributed by atoms with Gasteiger partial charge >= 0.3 is 0 Å². The molecule has 0 heterocycles. The molecule has 0 amide bonds. The Labute approximate surface area is 125 Å². The maximum Gasteiger partial charge on any atom is 0.264 e. The summed E-state index contributed by atoms with van der Waals surface area (Å²) < 4.78 is 37.9. The third-order valence-electron chi connectivity index (χ3n) is 3.39. The van der Waals surface area contributed by atoms with E-state index in [1.807, 2.05) is 0 Å². The fourth-order valence-electron chi connectivity index (χ4n) is 1.28. The largest absolute Gasteiger partial charge is 0.417 e. The highest BCUT2D eigenvalue weighted by molar-refractivity contribution is 7.86. The molecule has 122 valence electrons. The van der Waals surface area contributed by atoms with E-state index in [9.17, 15) is 8.42 Å². The van der Waals surface area contributed by atoms with Crippen LogP contribution in [0.4, 0.5) is 0 Å². The summed E-state index contributed by atoms with van der Waals surface area (Å²) in [5, 5.41) is 0.214. The lowest BCUT2D eigenvalue weighted by Crippen LogP contribution is -2.41. The molecular formula is C13H30O5SSi. The number of hydrogen-bond acceptors (Lipinski definition) is 5. The van der Waals surface area contributed by atoms with Crippen molar-refractivity contribution in [3.8, 4) is 0 Å². The van der Waals surface area contributed by atoms with Gasteiger partial charge in [0.25, 0.3) is 10.1 Å². The highest BCUT2D eigenvalue weighted by Gasteiger charge is 2.36. The van der Waals surface area contributed by atoms with Crippen molar-refractivity contribution < 1.29 is 21.8 Å². The van der Waals surface area contributed by atoms with E-state index >= 15 is 0 Å². The first-order chi connectivity index (χ1) is 8.85. The molecule has 0 aliphatic carbocycles. The van der Waals surface area contributed by atoms with Crippen LogP contribution in [0.3, 0.4) is 0 Å². The van der Waals surface area contributed by atoms with Crippen LogP contribution in [-0.4, -0.2) is 48.9 Å². The van der Waals surface area contributed by atoms with Crippen molar-refractivity contribution in [2.24, 2.45) is 0 Å². The number of ether oxygens (including phenoxy) is 1. The lowest BCUT2D eigenvalue weighted by atomic mass is 10.2. The van der Waals surface area contributed by atoms with Gasteiger partial charge in [-0.05, 0) is 31.5 Å².